The number of amides is 1. The number of allylic oxidation sites excluding steroid dienone is 2. The van der Waals surface area contributed by atoms with Crippen molar-refractivity contribution in [2.45, 2.75) is 40.7 Å². The second-order valence-corrected chi connectivity index (χ2v) is 7.07. The molecule has 0 spiro atoms. The Hall–Kier alpha value is -2.80. The Kier molecular flexibility index (Phi) is 17.1. The largest absolute Gasteiger partial charge is 0.389 e. The fraction of sp³-hybridized carbons (Fsp3) is 0.364. The summed E-state index contributed by atoms with van der Waals surface area (Å²) >= 11 is 1.38. The van der Waals surface area contributed by atoms with E-state index >= 15 is 0 Å². The number of aromatic nitrogens is 3. The number of hydrazone groups is 1. The first kappa shape index (κ1) is 31.2. The first-order valence-corrected chi connectivity index (χ1v) is 12.2. The molecule has 0 saturated heterocycles. The maximum absolute atomic E-state index is 13.0. The van der Waals surface area contributed by atoms with Gasteiger partial charge in [0.25, 0.3) is 0 Å². The van der Waals surface area contributed by atoms with Crippen LogP contribution < -0.4 is 16.5 Å². The number of nitrogens with zero attached hydrogens (tertiary/aromatic N) is 4. The third-order valence-corrected chi connectivity index (χ3v) is 5.43. The van der Waals surface area contributed by atoms with Crippen LogP contribution in [0.1, 0.15) is 43.1 Å². The van der Waals surface area contributed by atoms with E-state index in [4.69, 9.17) is 0 Å². The average molecular weight is 512 g/mol. The summed E-state index contributed by atoms with van der Waals surface area (Å²) < 4.78 is 14.2. The highest BCUT2D eigenvalue weighted by Crippen LogP contribution is 2.30. The number of halogens is 1. The second kappa shape index (κ2) is 18.6. The van der Waals surface area contributed by atoms with Crippen molar-refractivity contribution in [3.05, 3.63) is 45.9 Å². The van der Waals surface area contributed by atoms with Crippen LogP contribution >= 0.6 is 23.7 Å². The molecule has 0 aliphatic heterocycles. The zero-order valence-electron chi connectivity index (χ0n) is 20.4. The number of thiazole rings is 1. The van der Waals surface area contributed by atoms with Crippen molar-refractivity contribution >= 4 is 58.6 Å². The first-order valence-electron chi connectivity index (χ1n) is 10.7. The summed E-state index contributed by atoms with van der Waals surface area (Å²) in [6.07, 6.45) is 6.08. The lowest BCUT2D eigenvalue weighted by atomic mass is 10.1. The molecule has 0 radical (unpaired) electrons. The summed E-state index contributed by atoms with van der Waals surface area (Å²) in [4.78, 5) is 15.6. The Morgan fingerprint density at radius 2 is 2.03 bits per heavy atom. The number of nitrogens with two attached hydrogens (primary N) is 1. The Balaban J connectivity index is 0.00000168. The van der Waals surface area contributed by atoms with Crippen LogP contribution in [0, 0.1) is 0 Å². The highest BCUT2D eigenvalue weighted by atomic mass is 32.2. The van der Waals surface area contributed by atoms with Crippen molar-refractivity contribution in [3.63, 3.8) is 0 Å². The molecule has 5 N–H and O–H groups in total. The van der Waals surface area contributed by atoms with Gasteiger partial charge in [-0.05, 0) is 25.1 Å². The highest BCUT2D eigenvalue weighted by molar-refractivity contribution is 7.92. The monoisotopic (exact) mass is 511 g/mol. The Morgan fingerprint density at radius 1 is 1.32 bits per heavy atom. The standard InChI is InChI=1S/C17H17FN6O2S2.2C2H6.CH5N/c1-19-17-16(27-15(9-25)23-17)12(7-20-21-10-26)6-5-11-3-2-4-14-13(11)8-22-24(14)28-18;3*1-2/h2-4,6-8,10,19,25H,5,9H2,1H3,(H,21,26);2*1-2H3;2H2,1H3/b12-6+,20-7-;;;. The van der Waals surface area contributed by atoms with Gasteiger partial charge in [-0.15, -0.1) is 15.2 Å². The number of benzene rings is 1. The summed E-state index contributed by atoms with van der Waals surface area (Å²) in [6.45, 7) is 7.83. The van der Waals surface area contributed by atoms with Gasteiger partial charge in [0.05, 0.1) is 29.4 Å². The lowest BCUT2D eigenvalue weighted by Gasteiger charge is -2.04. The summed E-state index contributed by atoms with van der Waals surface area (Å²) in [5.41, 5.74) is 9.12. The number of carbonyl (C=O) groups excluding carboxylic acids is 1. The van der Waals surface area contributed by atoms with Crippen molar-refractivity contribution in [1.82, 2.24) is 19.6 Å². The Bertz CT molecular complexity index is 1040. The molecule has 0 fully saturated rings. The van der Waals surface area contributed by atoms with Crippen LogP contribution in [0.4, 0.5) is 9.70 Å². The van der Waals surface area contributed by atoms with Crippen molar-refractivity contribution < 1.29 is 13.8 Å². The van der Waals surface area contributed by atoms with E-state index in [0.717, 1.165) is 21.4 Å². The third-order valence-electron chi connectivity index (χ3n) is 3.92. The smallest absolute Gasteiger partial charge is 0.227 e. The molecular weight excluding hydrogens is 477 g/mol. The normalized spacial score (nSPS) is 10.4. The third kappa shape index (κ3) is 8.52. The topological polar surface area (TPSA) is 130 Å². The maximum Gasteiger partial charge on any atom is 0.227 e. The number of anilines is 1. The molecular formula is C22H34FN7O2S2. The first-order chi connectivity index (χ1) is 16.7. The van der Waals surface area contributed by atoms with Crippen LogP contribution in [0.15, 0.2) is 35.6 Å². The molecule has 12 heteroatoms. The van der Waals surface area contributed by atoms with E-state index < -0.39 is 0 Å². The zero-order chi connectivity index (χ0) is 25.9. The number of hydrogen-bond donors (Lipinski definition) is 4. The fourth-order valence-corrected chi connectivity index (χ4v) is 3.93. The Morgan fingerprint density at radius 3 is 2.62 bits per heavy atom. The second-order valence-electron chi connectivity index (χ2n) is 5.50. The quantitative estimate of drug-likeness (QED) is 0.190. The molecule has 0 aliphatic rings. The van der Waals surface area contributed by atoms with Gasteiger partial charge >= 0.3 is 0 Å². The van der Waals surface area contributed by atoms with Gasteiger partial charge in [0, 0.05) is 18.0 Å². The van der Waals surface area contributed by atoms with Crippen LogP contribution in [0.3, 0.4) is 0 Å². The number of rotatable bonds is 9. The van der Waals surface area contributed by atoms with E-state index in [1.54, 1.807) is 19.3 Å². The molecule has 1 aromatic carbocycles. The lowest BCUT2D eigenvalue weighted by molar-refractivity contribution is -0.109. The number of nitrogens with one attached hydrogen (secondary N) is 2. The van der Waals surface area contributed by atoms with Crippen molar-refractivity contribution in [2.75, 3.05) is 19.4 Å². The summed E-state index contributed by atoms with van der Waals surface area (Å²) in [5.74, 6) is 0.609. The fourth-order valence-electron chi connectivity index (χ4n) is 2.68. The van der Waals surface area contributed by atoms with E-state index in [2.05, 4.69) is 31.7 Å². The summed E-state index contributed by atoms with van der Waals surface area (Å²) in [6, 6.07) is 5.59. The van der Waals surface area contributed by atoms with Crippen LogP contribution in [0.25, 0.3) is 16.5 Å². The van der Waals surface area contributed by atoms with Crippen molar-refractivity contribution in [2.24, 2.45) is 10.8 Å². The molecule has 0 unspecified atom stereocenters. The zero-order valence-corrected chi connectivity index (χ0v) is 22.0. The molecule has 0 bridgehead atoms. The van der Waals surface area contributed by atoms with E-state index in [1.165, 1.54) is 28.7 Å². The average Bonchev–Trinajstić information content (AvgIpc) is 3.54. The minimum absolute atomic E-state index is 0.0478. The molecule has 0 atom stereocenters. The minimum Gasteiger partial charge on any atom is -0.389 e. The Labute approximate surface area is 208 Å². The summed E-state index contributed by atoms with van der Waals surface area (Å²) in [7, 11) is 3.24. The number of aliphatic hydroxyl groups is 1. The lowest BCUT2D eigenvalue weighted by Crippen LogP contribution is -2.02. The molecule has 0 aliphatic carbocycles. The van der Waals surface area contributed by atoms with Crippen LogP contribution in [-0.4, -0.2) is 46.0 Å². The predicted octanol–water partition coefficient (Wildman–Crippen LogP) is 4.39. The SMILES string of the molecule is CC.CC.CN.CNc1nc(CO)sc1C(/C=N\NC=O)=C/Cc1cccc2c1cnn2SF. The number of hydrogen-bond acceptors (Lipinski definition) is 9. The van der Waals surface area contributed by atoms with Crippen molar-refractivity contribution in [3.8, 4) is 0 Å². The van der Waals surface area contributed by atoms with Gasteiger partial charge in [0.2, 0.25) is 6.41 Å². The molecule has 3 rings (SSSR count). The van der Waals surface area contributed by atoms with Gasteiger partial charge in [0.1, 0.15) is 10.8 Å². The minimum atomic E-state index is -0.171. The maximum atomic E-state index is 13.0. The molecule has 188 valence electrons. The molecule has 2 heterocycles. The van der Waals surface area contributed by atoms with E-state index in [-0.39, 0.29) is 18.9 Å². The molecule has 3 aromatic rings. The number of carbonyl (C=O) groups is 1. The van der Waals surface area contributed by atoms with Gasteiger partial charge in [-0.1, -0.05) is 45.9 Å². The van der Waals surface area contributed by atoms with E-state index in [9.17, 15) is 13.8 Å². The van der Waals surface area contributed by atoms with Gasteiger partial charge < -0.3 is 16.2 Å². The van der Waals surface area contributed by atoms with E-state index in [0.29, 0.717) is 29.2 Å². The summed E-state index contributed by atoms with van der Waals surface area (Å²) in [5, 5.41) is 21.7. The number of fused-ring (bicyclic) bond motifs is 1. The molecule has 9 nitrogen and oxygen atoms in total. The van der Waals surface area contributed by atoms with Crippen molar-refractivity contribution in [1.29, 1.82) is 0 Å². The van der Waals surface area contributed by atoms with Crippen LogP contribution in [-0.2, 0) is 17.8 Å². The molecule has 0 saturated carbocycles. The van der Waals surface area contributed by atoms with E-state index in [1.807, 2.05) is 45.9 Å². The van der Waals surface area contributed by atoms with Crippen LogP contribution in [0.2, 0.25) is 0 Å². The van der Waals surface area contributed by atoms with Gasteiger partial charge in [0.15, 0.2) is 12.3 Å². The predicted molar refractivity (Wildman–Crippen MR) is 144 cm³/mol. The van der Waals surface area contributed by atoms with Gasteiger partial charge in [-0.2, -0.15) is 14.3 Å². The molecule has 1 amide bonds. The van der Waals surface area contributed by atoms with Crippen LogP contribution in [0.5, 0.6) is 0 Å². The van der Waals surface area contributed by atoms with Gasteiger partial charge in [-0.3, -0.25) is 4.79 Å². The highest BCUT2D eigenvalue weighted by Gasteiger charge is 2.14. The number of aliphatic hydroxyl groups excluding tert-OH is 1. The molecule has 2 aromatic heterocycles. The van der Waals surface area contributed by atoms with Gasteiger partial charge in [-0.25, -0.2) is 10.4 Å². The molecule has 34 heavy (non-hydrogen) atoms.